The Bertz CT molecular complexity index is 500. The summed E-state index contributed by atoms with van der Waals surface area (Å²) >= 11 is 0. The number of fused-ring (bicyclic) bond motifs is 2. The normalized spacial score (nSPS) is 23.0. The summed E-state index contributed by atoms with van der Waals surface area (Å²) in [6.45, 7) is 0.875. The Hall–Kier alpha value is -1.71. The first-order valence-electron chi connectivity index (χ1n) is 6.04. The Morgan fingerprint density at radius 3 is 3.24 bits per heavy atom. The summed E-state index contributed by atoms with van der Waals surface area (Å²) in [5.74, 6) is 1.11. The molecular formula is C13H16N2O2. The van der Waals surface area contributed by atoms with Gasteiger partial charge in [-0.1, -0.05) is 0 Å². The first-order chi connectivity index (χ1) is 8.29. The molecule has 0 aromatic carbocycles. The number of aromatic nitrogens is 1. The van der Waals surface area contributed by atoms with E-state index in [1.54, 1.807) is 13.3 Å². The van der Waals surface area contributed by atoms with Gasteiger partial charge in [0.05, 0.1) is 13.0 Å². The van der Waals surface area contributed by atoms with Gasteiger partial charge in [0.1, 0.15) is 11.4 Å². The van der Waals surface area contributed by atoms with E-state index >= 15 is 0 Å². The zero-order valence-corrected chi connectivity index (χ0v) is 9.93. The van der Waals surface area contributed by atoms with Gasteiger partial charge in [0.15, 0.2) is 5.70 Å². The SMILES string of the molecule is COc1ccn2c1C=[N+]([O-])C1=CCCC[C@H]1C2. The highest BCUT2D eigenvalue weighted by Crippen LogP contribution is 2.31. The van der Waals surface area contributed by atoms with Crippen molar-refractivity contribution in [2.24, 2.45) is 5.92 Å². The number of allylic oxidation sites excluding steroid dienone is 2. The predicted octanol–water partition coefficient (Wildman–Crippen LogP) is 2.12. The third-order valence-electron chi connectivity index (χ3n) is 3.63. The summed E-state index contributed by atoms with van der Waals surface area (Å²) in [5, 5.41) is 12.1. The van der Waals surface area contributed by atoms with Crippen molar-refractivity contribution < 1.29 is 9.48 Å². The van der Waals surface area contributed by atoms with E-state index < -0.39 is 0 Å². The monoisotopic (exact) mass is 232 g/mol. The van der Waals surface area contributed by atoms with Gasteiger partial charge in [0.2, 0.25) is 6.21 Å². The van der Waals surface area contributed by atoms with Crippen LogP contribution >= 0.6 is 0 Å². The molecule has 17 heavy (non-hydrogen) atoms. The van der Waals surface area contributed by atoms with E-state index in [2.05, 4.69) is 10.6 Å². The fourth-order valence-electron chi connectivity index (χ4n) is 2.74. The Labute approximate surface area is 100 Å². The molecule has 0 saturated carbocycles. The van der Waals surface area contributed by atoms with E-state index in [1.165, 1.54) is 6.42 Å². The summed E-state index contributed by atoms with van der Waals surface area (Å²) in [6, 6.07) is 1.91. The number of ether oxygens (including phenoxy) is 1. The van der Waals surface area contributed by atoms with Crippen LogP contribution in [-0.4, -0.2) is 22.6 Å². The molecule has 2 heterocycles. The van der Waals surface area contributed by atoms with Gasteiger partial charge in [-0.2, -0.15) is 4.74 Å². The highest BCUT2D eigenvalue weighted by atomic mass is 16.5. The number of nitrogens with zero attached hydrogens (tertiary/aromatic N) is 2. The number of rotatable bonds is 1. The second-order valence-corrected chi connectivity index (χ2v) is 4.63. The van der Waals surface area contributed by atoms with Gasteiger partial charge >= 0.3 is 0 Å². The van der Waals surface area contributed by atoms with Crippen LogP contribution in [-0.2, 0) is 6.54 Å². The summed E-state index contributed by atoms with van der Waals surface area (Å²) in [4.78, 5) is 0. The third kappa shape index (κ3) is 1.64. The second-order valence-electron chi connectivity index (χ2n) is 4.63. The quantitative estimate of drug-likeness (QED) is 0.549. The molecule has 90 valence electrons. The predicted molar refractivity (Wildman–Crippen MR) is 65.2 cm³/mol. The zero-order valence-electron chi connectivity index (χ0n) is 9.93. The van der Waals surface area contributed by atoms with E-state index in [0.29, 0.717) is 5.92 Å². The van der Waals surface area contributed by atoms with Crippen LogP contribution in [0.25, 0.3) is 0 Å². The number of hydroxylamine groups is 1. The van der Waals surface area contributed by atoms with Crippen molar-refractivity contribution in [2.45, 2.75) is 25.8 Å². The van der Waals surface area contributed by atoms with Gasteiger partial charge in [-0.05, 0) is 31.4 Å². The zero-order chi connectivity index (χ0) is 11.8. The molecule has 0 saturated heterocycles. The Balaban J connectivity index is 2.09. The summed E-state index contributed by atoms with van der Waals surface area (Å²) in [5.41, 5.74) is 1.79. The molecule has 2 aliphatic rings. The van der Waals surface area contributed by atoms with Gasteiger partial charge < -0.3 is 14.5 Å². The van der Waals surface area contributed by atoms with Crippen molar-refractivity contribution >= 4 is 6.21 Å². The molecule has 0 fully saturated rings. The van der Waals surface area contributed by atoms with Crippen molar-refractivity contribution in [3.63, 3.8) is 0 Å². The summed E-state index contributed by atoms with van der Waals surface area (Å²) < 4.78 is 8.40. The average molecular weight is 232 g/mol. The minimum absolute atomic E-state index is 0.343. The van der Waals surface area contributed by atoms with Gasteiger partial charge in [-0.15, -0.1) is 0 Å². The fraction of sp³-hybridized carbons (Fsp3) is 0.462. The molecule has 1 aromatic rings. The smallest absolute Gasteiger partial charge is 0.208 e. The number of hydrogen-bond acceptors (Lipinski definition) is 2. The van der Waals surface area contributed by atoms with Crippen LogP contribution in [0.1, 0.15) is 25.0 Å². The van der Waals surface area contributed by atoms with Crippen LogP contribution in [0.15, 0.2) is 24.0 Å². The molecule has 0 unspecified atom stereocenters. The molecule has 0 spiro atoms. The largest absolute Gasteiger partial charge is 0.618 e. The lowest BCUT2D eigenvalue weighted by molar-refractivity contribution is -0.406. The first kappa shape index (κ1) is 10.4. The van der Waals surface area contributed by atoms with E-state index in [4.69, 9.17) is 4.74 Å². The molecule has 4 nitrogen and oxygen atoms in total. The van der Waals surface area contributed by atoms with E-state index in [0.717, 1.165) is 41.3 Å². The first-order valence-corrected chi connectivity index (χ1v) is 6.04. The Morgan fingerprint density at radius 1 is 1.53 bits per heavy atom. The molecule has 1 aliphatic heterocycles. The molecule has 0 N–H and O–H groups in total. The topological polar surface area (TPSA) is 40.2 Å². The van der Waals surface area contributed by atoms with Gasteiger partial charge in [-0.25, -0.2) is 0 Å². The number of hydrogen-bond donors (Lipinski definition) is 0. The minimum Gasteiger partial charge on any atom is -0.618 e. The third-order valence-corrected chi connectivity index (χ3v) is 3.63. The molecule has 0 amide bonds. The highest BCUT2D eigenvalue weighted by Gasteiger charge is 2.29. The van der Waals surface area contributed by atoms with Crippen LogP contribution in [0, 0.1) is 11.1 Å². The molecule has 1 atom stereocenters. The molecule has 3 rings (SSSR count). The molecular weight excluding hydrogens is 216 g/mol. The second kappa shape index (κ2) is 3.95. The van der Waals surface area contributed by atoms with Crippen molar-refractivity contribution in [2.75, 3.05) is 7.11 Å². The molecule has 1 aromatic heterocycles. The van der Waals surface area contributed by atoms with Gasteiger partial charge in [0, 0.05) is 12.7 Å². The van der Waals surface area contributed by atoms with Crippen LogP contribution in [0.3, 0.4) is 0 Å². The Kier molecular flexibility index (Phi) is 2.42. The maximum Gasteiger partial charge on any atom is 0.208 e. The van der Waals surface area contributed by atoms with Crippen molar-refractivity contribution in [1.29, 1.82) is 0 Å². The molecule has 1 aliphatic carbocycles. The van der Waals surface area contributed by atoms with Crippen LogP contribution in [0.2, 0.25) is 0 Å². The van der Waals surface area contributed by atoms with Crippen LogP contribution in [0.4, 0.5) is 0 Å². The lowest BCUT2D eigenvalue weighted by Crippen LogP contribution is -2.18. The highest BCUT2D eigenvalue weighted by molar-refractivity contribution is 5.78. The fourth-order valence-corrected chi connectivity index (χ4v) is 2.74. The standard InChI is InChI=1S/C13H16N2O2/c1-17-13-6-7-14-8-10-4-2-3-5-11(10)15(16)9-12(13)14/h5-7,9-10H,2-4,8H2,1H3/t10-/m0/s1. The van der Waals surface area contributed by atoms with Gasteiger partial charge in [0.25, 0.3) is 0 Å². The maximum absolute atomic E-state index is 12.1. The maximum atomic E-state index is 12.1. The van der Waals surface area contributed by atoms with Crippen molar-refractivity contribution in [1.82, 2.24) is 4.57 Å². The van der Waals surface area contributed by atoms with Crippen molar-refractivity contribution in [3.05, 3.63) is 34.9 Å². The van der Waals surface area contributed by atoms with Gasteiger partial charge in [-0.3, -0.25) is 0 Å². The summed E-state index contributed by atoms with van der Waals surface area (Å²) in [6.07, 6.45) is 9.00. The molecule has 0 bridgehead atoms. The lowest BCUT2D eigenvalue weighted by Gasteiger charge is -2.20. The lowest BCUT2D eigenvalue weighted by atomic mass is 9.92. The van der Waals surface area contributed by atoms with Crippen LogP contribution in [0.5, 0.6) is 5.75 Å². The Morgan fingerprint density at radius 2 is 2.41 bits per heavy atom. The van der Waals surface area contributed by atoms with E-state index in [-0.39, 0.29) is 0 Å². The van der Waals surface area contributed by atoms with Crippen molar-refractivity contribution in [3.8, 4) is 5.75 Å². The summed E-state index contributed by atoms with van der Waals surface area (Å²) in [7, 11) is 1.64. The average Bonchev–Trinajstić information content (AvgIpc) is 2.66. The van der Waals surface area contributed by atoms with E-state index in [1.807, 2.05) is 12.3 Å². The molecule has 0 radical (unpaired) electrons. The minimum atomic E-state index is 0.343. The van der Waals surface area contributed by atoms with E-state index in [9.17, 15) is 5.21 Å². The molecule has 4 heteroatoms. The van der Waals surface area contributed by atoms with Crippen LogP contribution < -0.4 is 4.74 Å². The number of methoxy groups -OCH3 is 1.